The molecule has 0 amide bonds. The Morgan fingerprint density at radius 1 is 1.47 bits per heavy atom. The summed E-state index contributed by atoms with van der Waals surface area (Å²) in [5.74, 6) is 0.900. The fourth-order valence-electron chi connectivity index (χ4n) is 2.19. The molecule has 2 N–H and O–H groups in total. The average molecular weight is 235 g/mol. The molecule has 1 heterocycles. The molecule has 1 aliphatic rings. The van der Waals surface area contributed by atoms with Gasteiger partial charge in [0, 0.05) is 12.2 Å². The molecule has 1 aliphatic heterocycles. The Bertz CT molecular complexity index is 348. The van der Waals surface area contributed by atoms with Crippen molar-refractivity contribution in [1.82, 2.24) is 0 Å². The fraction of sp³-hybridized carbons (Fsp3) is 0.571. The number of hydrogen-bond acceptors (Lipinski definition) is 3. The van der Waals surface area contributed by atoms with Gasteiger partial charge in [0.25, 0.3) is 0 Å². The Morgan fingerprint density at radius 2 is 2.29 bits per heavy atom. The number of ether oxygens (including phenoxy) is 2. The summed E-state index contributed by atoms with van der Waals surface area (Å²) in [6, 6.07) is 7.93. The molecule has 0 aliphatic carbocycles. The Morgan fingerprint density at radius 3 is 3.00 bits per heavy atom. The second kappa shape index (κ2) is 6.03. The minimum atomic E-state index is -0.0782. The van der Waals surface area contributed by atoms with Gasteiger partial charge in [-0.1, -0.05) is 25.1 Å². The second-order valence-electron chi connectivity index (χ2n) is 4.46. The summed E-state index contributed by atoms with van der Waals surface area (Å²) in [6.07, 6.45) is 3.30. The SMILES string of the molecule is CCCOc1ccccc1C(N)C1CCCO1. The molecule has 2 rings (SSSR count). The molecule has 1 fully saturated rings. The Hall–Kier alpha value is -1.06. The quantitative estimate of drug-likeness (QED) is 0.853. The Kier molecular flexibility index (Phi) is 4.40. The highest BCUT2D eigenvalue weighted by Gasteiger charge is 2.26. The van der Waals surface area contributed by atoms with Gasteiger partial charge in [0.1, 0.15) is 5.75 Å². The molecule has 1 saturated heterocycles. The maximum atomic E-state index is 6.27. The molecular weight excluding hydrogens is 214 g/mol. The third-order valence-corrected chi connectivity index (χ3v) is 3.11. The molecule has 17 heavy (non-hydrogen) atoms. The molecular formula is C14H21NO2. The lowest BCUT2D eigenvalue weighted by atomic mass is 9.99. The van der Waals surface area contributed by atoms with Crippen molar-refractivity contribution in [3.8, 4) is 5.75 Å². The van der Waals surface area contributed by atoms with Gasteiger partial charge in [0.05, 0.1) is 18.8 Å². The van der Waals surface area contributed by atoms with Gasteiger partial charge in [-0.3, -0.25) is 0 Å². The first-order valence-electron chi connectivity index (χ1n) is 6.42. The zero-order valence-corrected chi connectivity index (χ0v) is 10.4. The molecule has 2 atom stereocenters. The minimum absolute atomic E-state index is 0.0782. The van der Waals surface area contributed by atoms with Crippen LogP contribution in [-0.2, 0) is 4.74 Å². The first-order valence-corrected chi connectivity index (χ1v) is 6.42. The summed E-state index contributed by atoms with van der Waals surface area (Å²) in [4.78, 5) is 0. The minimum Gasteiger partial charge on any atom is -0.493 e. The van der Waals surface area contributed by atoms with E-state index in [0.29, 0.717) is 0 Å². The van der Waals surface area contributed by atoms with E-state index in [9.17, 15) is 0 Å². The van der Waals surface area contributed by atoms with Gasteiger partial charge in [-0.05, 0) is 25.3 Å². The maximum Gasteiger partial charge on any atom is 0.124 e. The highest BCUT2D eigenvalue weighted by Crippen LogP contribution is 2.30. The summed E-state index contributed by atoms with van der Waals surface area (Å²) in [6.45, 7) is 3.66. The second-order valence-corrected chi connectivity index (χ2v) is 4.46. The smallest absolute Gasteiger partial charge is 0.124 e. The standard InChI is InChI=1S/C14H21NO2/c1-2-9-16-12-7-4-3-6-11(12)14(15)13-8-5-10-17-13/h3-4,6-7,13-14H,2,5,8-10,15H2,1H3. The zero-order chi connectivity index (χ0) is 12.1. The lowest BCUT2D eigenvalue weighted by Gasteiger charge is -2.21. The van der Waals surface area contributed by atoms with Crippen molar-refractivity contribution in [2.75, 3.05) is 13.2 Å². The summed E-state index contributed by atoms with van der Waals surface area (Å²) in [5.41, 5.74) is 7.33. The van der Waals surface area contributed by atoms with Gasteiger partial charge in [0.15, 0.2) is 0 Å². The van der Waals surface area contributed by atoms with E-state index in [4.69, 9.17) is 15.2 Å². The average Bonchev–Trinajstić information content (AvgIpc) is 2.89. The summed E-state index contributed by atoms with van der Waals surface area (Å²) >= 11 is 0. The van der Waals surface area contributed by atoms with Crippen LogP contribution in [0.25, 0.3) is 0 Å². The molecule has 0 spiro atoms. The molecule has 1 aromatic rings. The highest BCUT2D eigenvalue weighted by molar-refractivity contribution is 5.36. The molecule has 3 heteroatoms. The van der Waals surface area contributed by atoms with Gasteiger partial charge < -0.3 is 15.2 Å². The fourth-order valence-corrected chi connectivity index (χ4v) is 2.19. The van der Waals surface area contributed by atoms with Crippen LogP contribution >= 0.6 is 0 Å². The van der Waals surface area contributed by atoms with Crippen LogP contribution in [0.5, 0.6) is 5.75 Å². The number of para-hydroxylation sites is 1. The first-order chi connectivity index (χ1) is 8.33. The Balaban J connectivity index is 2.12. The van der Waals surface area contributed by atoms with E-state index in [1.165, 1.54) is 0 Å². The molecule has 0 bridgehead atoms. The predicted octanol–water partition coefficient (Wildman–Crippen LogP) is 2.65. The first kappa shape index (κ1) is 12.4. The van der Waals surface area contributed by atoms with Crippen LogP contribution in [0.15, 0.2) is 24.3 Å². The van der Waals surface area contributed by atoms with Crippen molar-refractivity contribution in [3.63, 3.8) is 0 Å². The number of rotatable bonds is 5. The van der Waals surface area contributed by atoms with Crippen molar-refractivity contribution < 1.29 is 9.47 Å². The molecule has 0 radical (unpaired) electrons. The monoisotopic (exact) mass is 235 g/mol. The van der Waals surface area contributed by atoms with Crippen LogP contribution in [-0.4, -0.2) is 19.3 Å². The van der Waals surface area contributed by atoms with Gasteiger partial charge >= 0.3 is 0 Å². The van der Waals surface area contributed by atoms with Crippen LogP contribution in [0.1, 0.15) is 37.8 Å². The van der Waals surface area contributed by atoms with E-state index < -0.39 is 0 Å². The van der Waals surface area contributed by atoms with E-state index in [1.54, 1.807) is 0 Å². The molecule has 0 aromatic heterocycles. The molecule has 1 aromatic carbocycles. The van der Waals surface area contributed by atoms with Gasteiger partial charge in [-0.2, -0.15) is 0 Å². The summed E-state index contributed by atoms with van der Waals surface area (Å²) in [5, 5.41) is 0. The van der Waals surface area contributed by atoms with Crippen molar-refractivity contribution in [3.05, 3.63) is 29.8 Å². The van der Waals surface area contributed by atoms with Crippen LogP contribution in [0.3, 0.4) is 0 Å². The molecule has 2 unspecified atom stereocenters. The molecule has 0 saturated carbocycles. The van der Waals surface area contributed by atoms with Gasteiger partial charge in [-0.15, -0.1) is 0 Å². The molecule has 94 valence electrons. The van der Waals surface area contributed by atoms with E-state index in [2.05, 4.69) is 6.92 Å². The normalized spacial score (nSPS) is 21.4. The van der Waals surface area contributed by atoms with E-state index in [1.807, 2.05) is 24.3 Å². The number of nitrogens with two attached hydrogens (primary N) is 1. The van der Waals surface area contributed by atoms with Crippen molar-refractivity contribution in [1.29, 1.82) is 0 Å². The lowest BCUT2D eigenvalue weighted by Crippen LogP contribution is -2.26. The van der Waals surface area contributed by atoms with E-state index in [0.717, 1.165) is 43.8 Å². The van der Waals surface area contributed by atoms with Crippen molar-refractivity contribution in [2.45, 2.75) is 38.3 Å². The summed E-state index contributed by atoms with van der Waals surface area (Å²) in [7, 11) is 0. The van der Waals surface area contributed by atoms with Crippen LogP contribution in [0, 0.1) is 0 Å². The van der Waals surface area contributed by atoms with Gasteiger partial charge in [-0.25, -0.2) is 0 Å². The zero-order valence-electron chi connectivity index (χ0n) is 10.4. The maximum absolute atomic E-state index is 6.27. The lowest BCUT2D eigenvalue weighted by molar-refractivity contribution is 0.0890. The third-order valence-electron chi connectivity index (χ3n) is 3.11. The van der Waals surface area contributed by atoms with Crippen LogP contribution < -0.4 is 10.5 Å². The third kappa shape index (κ3) is 2.99. The molecule has 3 nitrogen and oxygen atoms in total. The van der Waals surface area contributed by atoms with Crippen LogP contribution in [0.4, 0.5) is 0 Å². The van der Waals surface area contributed by atoms with E-state index in [-0.39, 0.29) is 12.1 Å². The Labute approximate surface area is 103 Å². The van der Waals surface area contributed by atoms with Crippen molar-refractivity contribution >= 4 is 0 Å². The highest BCUT2D eigenvalue weighted by atomic mass is 16.5. The summed E-state index contributed by atoms with van der Waals surface area (Å²) < 4.78 is 11.4. The van der Waals surface area contributed by atoms with Crippen molar-refractivity contribution in [2.24, 2.45) is 5.73 Å². The topological polar surface area (TPSA) is 44.5 Å². The van der Waals surface area contributed by atoms with Gasteiger partial charge in [0.2, 0.25) is 0 Å². The predicted molar refractivity (Wildman–Crippen MR) is 68.1 cm³/mol. The number of benzene rings is 1. The van der Waals surface area contributed by atoms with E-state index >= 15 is 0 Å². The van der Waals surface area contributed by atoms with Crippen LogP contribution in [0.2, 0.25) is 0 Å². The number of hydrogen-bond donors (Lipinski definition) is 1. The largest absolute Gasteiger partial charge is 0.493 e.